The van der Waals surface area contributed by atoms with Gasteiger partial charge in [-0.05, 0) is 42.8 Å². The van der Waals surface area contributed by atoms with E-state index in [-0.39, 0.29) is 12.4 Å². The van der Waals surface area contributed by atoms with Gasteiger partial charge in [0.2, 0.25) is 5.54 Å². The molecule has 4 aromatic rings. The zero-order valence-electron chi connectivity index (χ0n) is 18.3. The van der Waals surface area contributed by atoms with Gasteiger partial charge in [0, 0.05) is 35.0 Å². The number of aromatic hydroxyl groups is 1. The summed E-state index contributed by atoms with van der Waals surface area (Å²) in [4.78, 5) is 24.8. The van der Waals surface area contributed by atoms with Gasteiger partial charge in [-0.15, -0.1) is 0 Å². The van der Waals surface area contributed by atoms with E-state index in [9.17, 15) is 14.7 Å². The van der Waals surface area contributed by atoms with E-state index in [0.717, 1.165) is 21.9 Å². The predicted molar refractivity (Wildman–Crippen MR) is 122 cm³/mol. The van der Waals surface area contributed by atoms with Crippen molar-refractivity contribution >= 4 is 33.6 Å². The van der Waals surface area contributed by atoms with Gasteiger partial charge in [0.1, 0.15) is 5.75 Å². The summed E-state index contributed by atoms with van der Waals surface area (Å²) in [5.41, 5.74) is 1.13. The summed E-state index contributed by atoms with van der Waals surface area (Å²) in [6.45, 7) is 1.89. The van der Waals surface area contributed by atoms with Crippen LogP contribution in [-0.4, -0.2) is 44.0 Å². The van der Waals surface area contributed by atoms with Crippen LogP contribution < -0.4 is 15.4 Å². The van der Waals surface area contributed by atoms with Gasteiger partial charge in [0.25, 0.3) is 5.91 Å². The summed E-state index contributed by atoms with van der Waals surface area (Å²) in [5.74, 6) is 5.96. The zero-order chi connectivity index (χ0) is 23.3. The van der Waals surface area contributed by atoms with Crippen LogP contribution in [0, 0.1) is 18.8 Å². The van der Waals surface area contributed by atoms with Crippen LogP contribution in [0.25, 0.3) is 21.7 Å². The first-order valence-electron chi connectivity index (χ1n) is 10.2. The third-order valence-corrected chi connectivity index (χ3v) is 5.86. The lowest BCUT2D eigenvalue weighted by atomic mass is 9.99. The van der Waals surface area contributed by atoms with Gasteiger partial charge in [0.05, 0.1) is 25.4 Å². The molecule has 1 aliphatic heterocycles. The van der Waals surface area contributed by atoms with Crippen molar-refractivity contribution < 1.29 is 19.4 Å². The quantitative estimate of drug-likeness (QED) is 0.332. The number of aryl methyl sites for hydroxylation is 2. The highest BCUT2D eigenvalue weighted by Gasteiger charge is 2.46. The molecule has 5 rings (SSSR count). The standard InChI is InChI=1S/C24H21N5O4/c1-14-8-15(9-17-11-25-28(2)20(14)17)6-7-24(22(31)26-23(32)27-24)13-29-12-16-4-5-18(33-3)10-19(16)21(29)30/h4-5,8-12,30H,13H2,1-3H3,(H2,26,27,31,32)/t24-/m1/s1. The molecule has 1 aliphatic rings. The molecule has 3 amide bonds. The fourth-order valence-corrected chi connectivity index (χ4v) is 4.26. The Morgan fingerprint density at radius 2 is 2.03 bits per heavy atom. The highest BCUT2D eigenvalue weighted by Crippen LogP contribution is 2.32. The summed E-state index contributed by atoms with van der Waals surface area (Å²) in [6.07, 6.45) is 3.46. The van der Waals surface area contributed by atoms with Gasteiger partial charge in [-0.3, -0.25) is 14.8 Å². The topological polar surface area (TPSA) is 110 Å². The van der Waals surface area contributed by atoms with E-state index in [0.29, 0.717) is 16.7 Å². The molecule has 9 heteroatoms. The Morgan fingerprint density at radius 3 is 2.76 bits per heavy atom. The molecule has 3 heterocycles. The summed E-state index contributed by atoms with van der Waals surface area (Å²) in [5, 5.41) is 22.2. The molecule has 3 N–H and O–H groups in total. The van der Waals surface area contributed by atoms with Crippen molar-refractivity contribution in [3.8, 4) is 23.5 Å². The van der Waals surface area contributed by atoms with Gasteiger partial charge in [-0.1, -0.05) is 11.8 Å². The first kappa shape index (κ1) is 20.5. The monoisotopic (exact) mass is 443 g/mol. The van der Waals surface area contributed by atoms with E-state index in [2.05, 4.69) is 27.6 Å². The lowest BCUT2D eigenvalue weighted by molar-refractivity contribution is -0.122. The van der Waals surface area contributed by atoms with Crippen LogP contribution in [0.4, 0.5) is 4.79 Å². The zero-order valence-corrected chi connectivity index (χ0v) is 18.3. The van der Waals surface area contributed by atoms with Crippen molar-refractivity contribution in [2.45, 2.75) is 19.0 Å². The molecule has 1 fully saturated rings. The van der Waals surface area contributed by atoms with Crippen molar-refractivity contribution in [2.24, 2.45) is 7.05 Å². The molecule has 0 saturated carbocycles. The molecule has 2 aromatic carbocycles. The number of carbonyl (C=O) groups excluding carboxylic acids is 2. The molecule has 1 saturated heterocycles. The van der Waals surface area contributed by atoms with Crippen LogP contribution in [0.1, 0.15) is 11.1 Å². The van der Waals surface area contributed by atoms with Crippen molar-refractivity contribution in [3.05, 3.63) is 53.9 Å². The molecule has 0 radical (unpaired) electrons. The second-order valence-electron chi connectivity index (χ2n) is 8.10. The molecular formula is C24H21N5O4. The van der Waals surface area contributed by atoms with Crippen LogP contribution >= 0.6 is 0 Å². The molecule has 33 heavy (non-hydrogen) atoms. The molecular weight excluding hydrogens is 422 g/mol. The minimum Gasteiger partial charge on any atom is -0.497 e. The minimum absolute atomic E-state index is 0.0494. The number of nitrogens with zero attached hydrogens (tertiary/aromatic N) is 3. The smallest absolute Gasteiger partial charge is 0.323 e. The summed E-state index contributed by atoms with van der Waals surface area (Å²) in [7, 11) is 3.42. The third kappa shape index (κ3) is 3.32. The van der Waals surface area contributed by atoms with E-state index in [4.69, 9.17) is 4.74 Å². The average molecular weight is 443 g/mol. The highest BCUT2D eigenvalue weighted by atomic mass is 16.5. The maximum atomic E-state index is 12.8. The van der Waals surface area contributed by atoms with Gasteiger partial charge < -0.3 is 19.7 Å². The average Bonchev–Trinajstić information content (AvgIpc) is 3.40. The Hall–Kier alpha value is -4.45. The molecule has 0 spiro atoms. The van der Waals surface area contributed by atoms with Crippen molar-refractivity contribution in [1.29, 1.82) is 0 Å². The fraction of sp³-hybridized carbons (Fsp3) is 0.208. The van der Waals surface area contributed by atoms with Crippen LogP contribution in [0.2, 0.25) is 0 Å². The highest BCUT2D eigenvalue weighted by molar-refractivity contribution is 6.09. The largest absolute Gasteiger partial charge is 0.497 e. The normalized spacial score (nSPS) is 17.7. The molecule has 9 nitrogen and oxygen atoms in total. The number of ether oxygens (including phenoxy) is 1. The van der Waals surface area contributed by atoms with Gasteiger partial charge in [-0.25, -0.2) is 4.79 Å². The summed E-state index contributed by atoms with van der Waals surface area (Å²) in [6, 6.07) is 8.46. The number of nitrogens with one attached hydrogen (secondary N) is 2. The number of aromatic nitrogens is 3. The lowest BCUT2D eigenvalue weighted by Crippen LogP contribution is -2.49. The van der Waals surface area contributed by atoms with Crippen LogP contribution in [0.5, 0.6) is 11.6 Å². The molecule has 1 atom stereocenters. The number of hydrogen-bond acceptors (Lipinski definition) is 5. The Bertz CT molecular complexity index is 1520. The molecule has 0 unspecified atom stereocenters. The number of rotatable bonds is 3. The molecule has 0 bridgehead atoms. The number of fused-ring (bicyclic) bond motifs is 2. The summed E-state index contributed by atoms with van der Waals surface area (Å²) < 4.78 is 8.52. The third-order valence-electron chi connectivity index (χ3n) is 5.86. The van der Waals surface area contributed by atoms with E-state index in [1.165, 1.54) is 4.57 Å². The number of benzene rings is 2. The van der Waals surface area contributed by atoms with E-state index in [1.807, 2.05) is 32.2 Å². The van der Waals surface area contributed by atoms with Gasteiger partial charge in [-0.2, -0.15) is 5.10 Å². The molecule has 2 aromatic heterocycles. The number of amides is 3. The number of urea groups is 1. The first-order valence-corrected chi connectivity index (χ1v) is 10.2. The second-order valence-corrected chi connectivity index (χ2v) is 8.10. The number of methoxy groups -OCH3 is 1. The van der Waals surface area contributed by atoms with Crippen LogP contribution in [0.3, 0.4) is 0 Å². The Kier molecular flexibility index (Phi) is 4.53. The van der Waals surface area contributed by atoms with Gasteiger partial charge in [0.15, 0.2) is 5.88 Å². The van der Waals surface area contributed by atoms with E-state index >= 15 is 0 Å². The van der Waals surface area contributed by atoms with E-state index < -0.39 is 17.5 Å². The lowest BCUT2D eigenvalue weighted by Gasteiger charge is -2.20. The Labute approximate surface area is 188 Å². The Balaban J connectivity index is 1.57. The number of imide groups is 1. The minimum atomic E-state index is -1.55. The SMILES string of the molecule is COc1ccc2cn(C[C@@]3(C#Cc4cc(C)c5c(cnn5C)c4)NC(=O)NC3=O)c(O)c2c1. The Morgan fingerprint density at radius 1 is 1.21 bits per heavy atom. The fourth-order valence-electron chi connectivity index (χ4n) is 4.26. The van der Waals surface area contributed by atoms with Crippen molar-refractivity contribution in [1.82, 2.24) is 25.0 Å². The van der Waals surface area contributed by atoms with Crippen LogP contribution in [0.15, 0.2) is 42.7 Å². The maximum Gasteiger partial charge on any atom is 0.323 e. The molecule has 0 aliphatic carbocycles. The van der Waals surface area contributed by atoms with Gasteiger partial charge >= 0.3 is 6.03 Å². The van der Waals surface area contributed by atoms with Crippen molar-refractivity contribution in [2.75, 3.05) is 7.11 Å². The predicted octanol–water partition coefficient (Wildman–Crippen LogP) is 2.18. The number of hydrogen-bond donors (Lipinski definition) is 3. The molecule has 166 valence electrons. The van der Waals surface area contributed by atoms with Crippen molar-refractivity contribution in [3.63, 3.8) is 0 Å². The van der Waals surface area contributed by atoms with E-state index in [1.54, 1.807) is 36.3 Å². The van der Waals surface area contributed by atoms with Crippen LogP contribution in [-0.2, 0) is 18.4 Å². The first-order chi connectivity index (χ1) is 15.8. The summed E-state index contributed by atoms with van der Waals surface area (Å²) >= 11 is 0. The maximum absolute atomic E-state index is 12.8. The second kappa shape index (κ2) is 7.31. The number of carbonyl (C=O) groups is 2.